The van der Waals surface area contributed by atoms with Crippen LogP contribution in [-0.4, -0.2) is 48.9 Å². The van der Waals surface area contributed by atoms with Crippen LogP contribution in [0.25, 0.3) is 0 Å². The van der Waals surface area contributed by atoms with Crippen LogP contribution >= 0.6 is 0 Å². The number of aromatic amines is 1. The van der Waals surface area contributed by atoms with Gasteiger partial charge in [-0.1, -0.05) is 0 Å². The number of amides is 1. The highest BCUT2D eigenvalue weighted by atomic mass is 16.2. The molecule has 1 saturated heterocycles. The molecule has 7 nitrogen and oxygen atoms in total. The van der Waals surface area contributed by atoms with Gasteiger partial charge in [-0.05, 0) is 51.0 Å². The highest BCUT2D eigenvalue weighted by Crippen LogP contribution is 2.37. The average Bonchev–Trinajstić information content (AvgIpc) is 3.08. The van der Waals surface area contributed by atoms with Crippen molar-refractivity contribution in [1.82, 2.24) is 29.9 Å². The molecule has 4 rings (SSSR count). The van der Waals surface area contributed by atoms with Gasteiger partial charge < -0.3 is 4.90 Å². The Bertz CT molecular complexity index is 803. The Kier molecular flexibility index (Phi) is 4.54. The Morgan fingerprint density at radius 1 is 1.27 bits per heavy atom. The van der Waals surface area contributed by atoms with Crippen LogP contribution in [0.5, 0.6) is 0 Å². The van der Waals surface area contributed by atoms with Gasteiger partial charge in [0.25, 0.3) is 0 Å². The van der Waals surface area contributed by atoms with Crippen LogP contribution in [0.3, 0.4) is 0 Å². The number of nitrogens with zero attached hydrogens (tertiary/aromatic N) is 5. The van der Waals surface area contributed by atoms with Crippen molar-refractivity contribution >= 4 is 5.91 Å². The van der Waals surface area contributed by atoms with Crippen molar-refractivity contribution in [2.75, 3.05) is 13.1 Å². The average molecular weight is 356 g/mol. The maximum atomic E-state index is 12.6. The summed E-state index contributed by atoms with van der Waals surface area (Å²) < 4.78 is 1.90. The van der Waals surface area contributed by atoms with Gasteiger partial charge in [-0.3, -0.25) is 14.6 Å². The molecule has 0 radical (unpaired) electrons. The summed E-state index contributed by atoms with van der Waals surface area (Å²) in [5, 5.41) is 11.9. The maximum Gasteiger partial charge on any atom is 0.222 e. The minimum atomic E-state index is 0.256. The van der Waals surface area contributed by atoms with Crippen LogP contribution in [0, 0.1) is 19.8 Å². The highest BCUT2D eigenvalue weighted by molar-refractivity contribution is 5.76. The van der Waals surface area contributed by atoms with Crippen molar-refractivity contribution in [3.63, 3.8) is 0 Å². The lowest BCUT2D eigenvalue weighted by Gasteiger charge is -2.16. The van der Waals surface area contributed by atoms with Gasteiger partial charge in [0.1, 0.15) is 5.82 Å². The number of hydrogen-bond acceptors (Lipinski definition) is 4. The van der Waals surface area contributed by atoms with E-state index in [-0.39, 0.29) is 5.91 Å². The maximum absolute atomic E-state index is 12.6. The second kappa shape index (κ2) is 6.85. The molecule has 0 aromatic carbocycles. The smallest absolute Gasteiger partial charge is 0.222 e. The molecule has 0 spiro atoms. The zero-order valence-electron chi connectivity index (χ0n) is 16.0. The predicted octanol–water partition coefficient (Wildman–Crippen LogP) is 2.06. The van der Waals surface area contributed by atoms with Gasteiger partial charge in [-0.2, -0.15) is 10.2 Å². The summed E-state index contributed by atoms with van der Waals surface area (Å²) in [6, 6.07) is 0. The molecule has 2 aliphatic rings. The molecule has 1 amide bonds. The first-order chi connectivity index (χ1) is 12.5. The lowest BCUT2D eigenvalue weighted by molar-refractivity contribution is -0.130. The number of carbonyl (C=O) groups excluding carboxylic acids is 1. The fourth-order valence-electron chi connectivity index (χ4n) is 3.99. The molecule has 2 fully saturated rings. The Morgan fingerprint density at radius 2 is 2.08 bits per heavy atom. The lowest BCUT2D eigenvalue weighted by Crippen LogP contribution is -2.29. The molecular weight excluding hydrogens is 328 g/mol. The van der Waals surface area contributed by atoms with Crippen molar-refractivity contribution in [2.45, 2.75) is 58.3 Å². The number of carbonyl (C=O) groups is 1. The third-order valence-electron chi connectivity index (χ3n) is 5.86. The fraction of sp³-hybridized carbons (Fsp3) is 0.684. The van der Waals surface area contributed by atoms with Crippen LogP contribution in [0.2, 0.25) is 0 Å². The predicted molar refractivity (Wildman–Crippen MR) is 97.8 cm³/mol. The number of aryl methyl sites for hydroxylation is 2. The quantitative estimate of drug-likeness (QED) is 0.859. The van der Waals surface area contributed by atoms with Gasteiger partial charge in [0.05, 0.1) is 5.69 Å². The van der Waals surface area contributed by atoms with Gasteiger partial charge in [-0.15, -0.1) is 0 Å². The molecule has 26 heavy (non-hydrogen) atoms. The molecule has 1 aliphatic heterocycles. The van der Waals surface area contributed by atoms with E-state index < -0.39 is 0 Å². The fourth-order valence-corrected chi connectivity index (χ4v) is 3.99. The summed E-state index contributed by atoms with van der Waals surface area (Å²) in [5.74, 6) is 3.29. The molecule has 1 unspecified atom stereocenters. The molecule has 7 heteroatoms. The molecule has 1 N–H and O–H groups in total. The van der Waals surface area contributed by atoms with Gasteiger partial charge in [0, 0.05) is 44.6 Å². The third kappa shape index (κ3) is 3.52. The minimum absolute atomic E-state index is 0.256. The molecule has 1 saturated carbocycles. The van der Waals surface area contributed by atoms with Gasteiger partial charge in [0.2, 0.25) is 5.91 Å². The summed E-state index contributed by atoms with van der Waals surface area (Å²) in [7, 11) is 1.96. The first-order valence-corrected chi connectivity index (χ1v) is 9.69. The van der Waals surface area contributed by atoms with Gasteiger partial charge in [0.15, 0.2) is 5.82 Å². The number of likely N-dealkylation sites (tertiary alicyclic amines) is 1. The zero-order chi connectivity index (χ0) is 18.3. The summed E-state index contributed by atoms with van der Waals surface area (Å²) in [4.78, 5) is 19.3. The zero-order valence-corrected chi connectivity index (χ0v) is 16.0. The van der Waals surface area contributed by atoms with E-state index >= 15 is 0 Å². The number of H-pyrrole nitrogens is 1. The molecule has 0 bridgehead atoms. The van der Waals surface area contributed by atoms with Crippen molar-refractivity contribution < 1.29 is 4.79 Å². The normalized spacial score (nSPS) is 20.1. The molecule has 1 atom stereocenters. The van der Waals surface area contributed by atoms with E-state index in [0.29, 0.717) is 18.3 Å². The van der Waals surface area contributed by atoms with Gasteiger partial charge >= 0.3 is 0 Å². The van der Waals surface area contributed by atoms with Crippen molar-refractivity contribution in [3.05, 3.63) is 28.6 Å². The van der Waals surface area contributed by atoms with Crippen molar-refractivity contribution in [2.24, 2.45) is 13.0 Å². The standard InChI is InChI=1S/C19H28N6O/c1-12-16(13(2)24(3)23-12)6-7-18(26)25-9-8-14(11-25)10-17-20-19(22-21-17)15-4-5-15/h14-15H,4-11H2,1-3H3,(H,20,21,22). The summed E-state index contributed by atoms with van der Waals surface area (Å²) >= 11 is 0. The van der Waals surface area contributed by atoms with Crippen LogP contribution < -0.4 is 0 Å². The van der Waals surface area contributed by atoms with E-state index in [0.717, 1.165) is 55.4 Å². The van der Waals surface area contributed by atoms with Crippen LogP contribution in [-0.2, 0) is 24.7 Å². The second-order valence-corrected chi connectivity index (χ2v) is 7.89. The number of rotatable bonds is 6. The summed E-state index contributed by atoms with van der Waals surface area (Å²) in [5.41, 5.74) is 3.41. The first kappa shape index (κ1) is 17.2. The minimum Gasteiger partial charge on any atom is -0.342 e. The monoisotopic (exact) mass is 356 g/mol. The van der Waals surface area contributed by atoms with E-state index in [1.807, 2.05) is 23.6 Å². The number of hydrogen-bond donors (Lipinski definition) is 1. The van der Waals surface area contributed by atoms with Crippen LogP contribution in [0.1, 0.15) is 60.2 Å². The number of nitrogens with one attached hydrogen (secondary N) is 1. The number of aromatic nitrogens is 5. The molecule has 1 aliphatic carbocycles. The Hall–Kier alpha value is -2.18. The Morgan fingerprint density at radius 3 is 2.77 bits per heavy atom. The first-order valence-electron chi connectivity index (χ1n) is 9.69. The summed E-state index contributed by atoms with van der Waals surface area (Å²) in [6.07, 6.45) is 5.73. The molecule has 3 heterocycles. The molecule has 2 aromatic heterocycles. The van der Waals surface area contributed by atoms with Crippen molar-refractivity contribution in [1.29, 1.82) is 0 Å². The highest BCUT2D eigenvalue weighted by Gasteiger charge is 2.30. The van der Waals surface area contributed by atoms with Gasteiger partial charge in [-0.25, -0.2) is 4.98 Å². The van der Waals surface area contributed by atoms with E-state index in [2.05, 4.69) is 27.2 Å². The van der Waals surface area contributed by atoms with E-state index in [1.54, 1.807) is 0 Å². The summed E-state index contributed by atoms with van der Waals surface area (Å²) in [6.45, 7) is 5.78. The van der Waals surface area contributed by atoms with Crippen LogP contribution in [0.15, 0.2) is 0 Å². The second-order valence-electron chi connectivity index (χ2n) is 7.89. The SMILES string of the molecule is Cc1nn(C)c(C)c1CCC(=O)N1CCC(Cc2nc(C3CC3)n[nH]2)C1. The van der Waals surface area contributed by atoms with E-state index in [9.17, 15) is 4.79 Å². The van der Waals surface area contributed by atoms with Crippen LogP contribution in [0.4, 0.5) is 0 Å². The largest absolute Gasteiger partial charge is 0.342 e. The molecule has 140 valence electrons. The van der Waals surface area contributed by atoms with Crippen molar-refractivity contribution in [3.8, 4) is 0 Å². The Labute approximate surface area is 154 Å². The topological polar surface area (TPSA) is 79.7 Å². The molecule has 2 aromatic rings. The van der Waals surface area contributed by atoms with E-state index in [4.69, 9.17) is 0 Å². The van der Waals surface area contributed by atoms with E-state index in [1.165, 1.54) is 18.4 Å². The lowest BCUT2D eigenvalue weighted by atomic mass is 10.0. The third-order valence-corrected chi connectivity index (χ3v) is 5.86. The Balaban J connectivity index is 1.28. The molecular formula is C19H28N6O.